The molecule has 0 saturated heterocycles. The Kier molecular flexibility index (Phi) is 5.45. The second-order valence-corrected chi connectivity index (χ2v) is 4.15. The van der Waals surface area contributed by atoms with E-state index in [1.54, 1.807) is 18.2 Å². The number of amides is 1. The summed E-state index contributed by atoms with van der Waals surface area (Å²) in [4.78, 5) is 11.7. The molecule has 0 spiro atoms. The Hall–Kier alpha value is -0.910. The fourth-order valence-electron chi connectivity index (χ4n) is 1.20. The van der Waals surface area contributed by atoms with Crippen molar-refractivity contribution in [1.82, 2.24) is 5.32 Å². The third kappa shape index (κ3) is 3.92. The van der Waals surface area contributed by atoms with Crippen LogP contribution in [0.1, 0.15) is 10.4 Å². The van der Waals surface area contributed by atoms with Gasteiger partial charge in [0.2, 0.25) is 0 Å². The van der Waals surface area contributed by atoms with E-state index in [9.17, 15) is 9.90 Å². The van der Waals surface area contributed by atoms with E-state index in [4.69, 9.17) is 4.74 Å². The van der Waals surface area contributed by atoms with Crippen molar-refractivity contribution in [2.75, 3.05) is 20.3 Å². The van der Waals surface area contributed by atoms with E-state index in [2.05, 4.69) is 21.2 Å². The molecule has 0 aliphatic carbocycles. The van der Waals surface area contributed by atoms with Gasteiger partial charge >= 0.3 is 0 Å². The van der Waals surface area contributed by atoms with Gasteiger partial charge in [0.1, 0.15) is 0 Å². The van der Waals surface area contributed by atoms with E-state index in [1.807, 2.05) is 6.07 Å². The summed E-state index contributed by atoms with van der Waals surface area (Å²) in [5, 5.41) is 12.0. The SMILES string of the molecule is COCC(O)CNC(=O)c1ccccc1Br. The number of carbonyl (C=O) groups is 1. The van der Waals surface area contributed by atoms with Crippen LogP contribution in [0.2, 0.25) is 0 Å². The Morgan fingerprint density at radius 2 is 2.25 bits per heavy atom. The Morgan fingerprint density at radius 3 is 2.88 bits per heavy atom. The normalized spacial score (nSPS) is 12.2. The highest BCUT2D eigenvalue weighted by atomic mass is 79.9. The lowest BCUT2D eigenvalue weighted by Gasteiger charge is -2.11. The molecule has 16 heavy (non-hydrogen) atoms. The molecular formula is C11H14BrNO3. The molecule has 0 aromatic heterocycles. The number of rotatable bonds is 5. The van der Waals surface area contributed by atoms with Crippen molar-refractivity contribution in [2.45, 2.75) is 6.10 Å². The summed E-state index contributed by atoms with van der Waals surface area (Å²) in [5.74, 6) is -0.220. The van der Waals surface area contributed by atoms with Crippen molar-refractivity contribution in [3.63, 3.8) is 0 Å². The van der Waals surface area contributed by atoms with Gasteiger partial charge in [0.05, 0.1) is 18.3 Å². The number of ether oxygens (including phenoxy) is 1. The molecule has 2 N–H and O–H groups in total. The molecule has 0 saturated carbocycles. The molecule has 1 amide bonds. The van der Waals surface area contributed by atoms with Crippen molar-refractivity contribution in [2.24, 2.45) is 0 Å². The van der Waals surface area contributed by atoms with Crippen LogP contribution in [-0.2, 0) is 4.74 Å². The minimum atomic E-state index is -0.684. The summed E-state index contributed by atoms with van der Waals surface area (Å²) in [6.07, 6.45) is -0.684. The first-order chi connectivity index (χ1) is 7.65. The maximum absolute atomic E-state index is 11.7. The molecule has 0 aliphatic heterocycles. The number of methoxy groups -OCH3 is 1. The fraction of sp³-hybridized carbons (Fsp3) is 0.364. The molecule has 4 nitrogen and oxygen atoms in total. The minimum absolute atomic E-state index is 0.175. The van der Waals surface area contributed by atoms with Gasteiger partial charge in [-0.05, 0) is 28.1 Å². The van der Waals surface area contributed by atoms with E-state index < -0.39 is 6.10 Å². The van der Waals surface area contributed by atoms with Crippen molar-refractivity contribution in [1.29, 1.82) is 0 Å². The summed E-state index contributed by atoms with van der Waals surface area (Å²) in [6.45, 7) is 0.379. The average Bonchev–Trinajstić information content (AvgIpc) is 2.27. The molecule has 5 heteroatoms. The quantitative estimate of drug-likeness (QED) is 0.855. The molecule has 0 bridgehead atoms. The number of nitrogens with one attached hydrogen (secondary N) is 1. The van der Waals surface area contributed by atoms with E-state index in [0.717, 1.165) is 4.47 Å². The summed E-state index contributed by atoms with van der Waals surface area (Å²) < 4.78 is 5.49. The van der Waals surface area contributed by atoms with Gasteiger partial charge in [-0.15, -0.1) is 0 Å². The highest BCUT2D eigenvalue weighted by Gasteiger charge is 2.10. The molecule has 1 rings (SSSR count). The maximum Gasteiger partial charge on any atom is 0.252 e. The summed E-state index contributed by atoms with van der Waals surface area (Å²) in [5.41, 5.74) is 0.548. The van der Waals surface area contributed by atoms with Crippen molar-refractivity contribution >= 4 is 21.8 Å². The van der Waals surface area contributed by atoms with Crippen LogP contribution in [0, 0.1) is 0 Å². The molecule has 0 fully saturated rings. The van der Waals surface area contributed by atoms with Gasteiger partial charge in [0, 0.05) is 18.1 Å². The lowest BCUT2D eigenvalue weighted by atomic mass is 10.2. The molecular weight excluding hydrogens is 274 g/mol. The second kappa shape index (κ2) is 6.62. The Labute approximate surface area is 103 Å². The Balaban J connectivity index is 2.50. The molecule has 0 radical (unpaired) electrons. The fourth-order valence-corrected chi connectivity index (χ4v) is 1.67. The van der Waals surface area contributed by atoms with Crippen LogP contribution < -0.4 is 5.32 Å². The lowest BCUT2D eigenvalue weighted by molar-refractivity contribution is 0.0609. The molecule has 88 valence electrons. The first-order valence-corrected chi connectivity index (χ1v) is 5.64. The molecule has 1 aromatic rings. The zero-order chi connectivity index (χ0) is 12.0. The summed E-state index contributed by atoms with van der Waals surface area (Å²) in [6, 6.07) is 7.12. The highest BCUT2D eigenvalue weighted by molar-refractivity contribution is 9.10. The summed E-state index contributed by atoms with van der Waals surface area (Å²) in [7, 11) is 1.50. The van der Waals surface area contributed by atoms with E-state index >= 15 is 0 Å². The van der Waals surface area contributed by atoms with Crippen LogP contribution in [0.25, 0.3) is 0 Å². The minimum Gasteiger partial charge on any atom is -0.389 e. The molecule has 1 atom stereocenters. The number of hydrogen-bond acceptors (Lipinski definition) is 3. The largest absolute Gasteiger partial charge is 0.389 e. The highest BCUT2D eigenvalue weighted by Crippen LogP contribution is 2.15. The van der Waals surface area contributed by atoms with E-state index in [0.29, 0.717) is 5.56 Å². The van der Waals surface area contributed by atoms with Gasteiger partial charge < -0.3 is 15.2 Å². The first kappa shape index (κ1) is 13.2. The van der Waals surface area contributed by atoms with Gasteiger partial charge in [0.25, 0.3) is 5.91 Å². The summed E-state index contributed by atoms with van der Waals surface area (Å²) >= 11 is 3.29. The standard InChI is InChI=1S/C11H14BrNO3/c1-16-7-8(14)6-13-11(15)9-4-2-3-5-10(9)12/h2-5,8,14H,6-7H2,1H3,(H,13,15). The number of aliphatic hydroxyl groups is 1. The van der Waals surface area contributed by atoms with Crippen molar-refractivity contribution in [3.05, 3.63) is 34.3 Å². The number of aliphatic hydroxyl groups excluding tert-OH is 1. The number of hydrogen-bond donors (Lipinski definition) is 2. The monoisotopic (exact) mass is 287 g/mol. The Bertz CT molecular complexity index is 357. The van der Waals surface area contributed by atoms with Gasteiger partial charge in [-0.25, -0.2) is 0 Å². The van der Waals surface area contributed by atoms with Gasteiger partial charge in [0.15, 0.2) is 0 Å². The predicted octanol–water partition coefficient (Wildman–Crippen LogP) is 1.19. The van der Waals surface area contributed by atoms with E-state index in [-0.39, 0.29) is 19.1 Å². The third-order valence-corrected chi connectivity index (χ3v) is 2.67. The second-order valence-electron chi connectivity index (χ2n) is 3.30. The number of halogens is 1. The van der Waals surface area contributed by atoms with Crippen LogP contribution >= 0.6 is 15.9 Å². The van der Waals surface area contributed by atoms with Crippen LogP contribution in [0.4, 0.5) is 0 Å². The molecule has 1 unspecified atom stereocenters. The average molecular weight is 288 g/mol. The topological polar surface area (TPSA) is 58.6 Å². The molecule has 0 aliphatic rings. The number of carbonyl (C=O) groups excluding carboxylic acids is 1. The van der Waals surface area contributed by atoms with Crippen LogP contribution in [0.3, 0.4) is 0 Å². The van der Waals surface area contributed by atoms with Crippen LogP contribution in [-0.4, -0.2) is 37.4 Å². The van der Waals surface area contributed by atoms with Gasteiger partial charge in [-0.2, -0.15) is 0 Å². The van der Waals surface area contributed by atoms with Gasteiger partial charge in [-0.3, -0.25) is 4.79 Å². The zero-order valence-corrected chi connectivity index (χ0v) is 10.5. The van der Waals surface area contributed by atoms with Crippen molar-refractivity contribution < 1.29 is 14.6 Å². The first-order valence-electron chi connectivity index (χ1n) is 4.85. The van der Waals surface area contributed by atoms with Crippen molar-refractivity contribution in [3.8, 4) is 0 Å². The molecule has 1 aromatic carbocycles. The van der Waals surface area contributed by atoms with Crippen LogP contribution in [0.15, 0.2) is 28.7 Å². The van der Waals surface area contributed by atoms with E-state index in [1.165, 1.54) is 7.11 Å². The lowest BCUT2D eigenvalue weighted by Crippen LogP contribution is -2.34. The number of benzene rings is 1. The maximum atomic E-state index is 11.7. The van der Waals surface area contributed by atoms with Crippen LogP contribution in [0.5, 0.6) is 0 Å². The smallest absolute Gasteiger partial charge is 0.252 e. The predicted molar refractivity (Wildman–Crippen MR) is 64.4 cm³/mol. The Morgan fingerprint density at radius 1 is 1.56 bits per heavy atom. The molecule has 0 heterocycles. The van der Waals surface area contributed by atoms with Gasteiger partial charge in [-0.1, -0.05) is 12.1 Å². The third-order valence-electron chi connectivity index (χ3n) is 1.98. The zero-order valence-electron chi connectivity index (χ0n) is 8.94.